The van der Waals surface area contributed by atoms with Gasteiger partial charge in [0.05, 0.1) is 12.6 Å². The Kier molecular flexibility index (Phi) is 4.77. The first-order chi connectivity index (χ1) is 13.4. The third-order valence-electron chi connectivity index (χ3n) is 6.54. The van der Waals surface area contributed by atoms with Crippen molar-refractivity contribution in [1.29, 1.82) is 0 Å². The van der Waals surface area contributed by atoms with Crippen LogP contribution in [0.1, 0.15) is 43.7 Å². The highest BCUT2D eigenvalue weighted by atomic mass is 19.1. The van der Waals surface area contributed by atoms with E-state index in [4.69, 9.17) is 4.74 Å². The first-order valence-corrected chi connectivity index (χ1v) is 9.88. The molecule has 0 radical (unpaired) electrons. The SMILES string of the molecule is COc1ccc(CN2CC3(CCC(C)(c4ccc(F)cc4)CC3)NC2=O)cc1. The highest BCUT2D eigenvalue weighted by molar-refractivity contribution is 5.78. The number of methoxy groups -OCH3 is 1. The molecule has 28 heavy (non-hydrogen) atoms. The summed E-state index contributed by atoms with van der Waals surface area (Å²) in [5, 5.41) is 3.26. The fourth-order valence-electron chi connectivity index (χ4n) is 4.57. The van der Waals surface area contributed by atoms with Gasteiger partial charge in [-0.3, -0.25) is 0 Å². The smallest absolute Gasteiger partial charge is 0.318 e. The summed E-state index contributed by atoms with van der Waals surface area (Å²) in [4.78, 5) is 14.5. The van der Waals surface area contributed by atoms with Crippen LogP contribution in [0.5, 0.6) is 5.75 Å². The molecule has 5 heteroatoms. The van der Waals surface area contributed by atoms with Crippen molar-refractivity contribution in [2.24, 2.45) is 0 Å². The summed E-state index contributed by atoms with van der Waals surface area (Å²) < 4.78 is 18.5. The highest BCUT2D eigenvalue weighted by Gasteiger charge is 2.47. The molecule has 148 valence electrons. The molecule has 2 fully saturated rings. The Morgan fingerprint density at radius 3 is 2.29 bits per heavy atom. The lowest BCUT2D eigenvalue weighted by atomic mass is 9.65. The summed E-state index contributed by atoms with van der Waals surface area (Å²) in [6, 6.07) is 14.8. The monoisotopic (exact) mass is 382 g/mol. The van der Waals surface area contributed by atoms with Crippen molar-refractivity contribution in [2.45, 2.75) is 50.1 Å². The molecule has 1 N–H and O–H groups in total. The number of carbonyl (C=O) groups is 1. The van der Waals surface area contributed by atoms with Gasteiger partial charge in [-0.25, -0.2) is 9.18 Å². The lowest BCUT2D eigenvalue weighted by Gasteiger charge is -2.43. The average Bonchev–Trinajstić information content (AvgIpc) is 3.01. The van der Waals surface area contributed by atoms with Crippen LogP contribution >= 0.6 is 0 Å². The minimum Gasteiger partial charge on any atom is -0.497 e. The Bertz CT molecular complexity index is 840. The van der Waals surface area contributed by atoms with Crippen molar-refractivity contribution in [1.82, 2.24) is 10.2 Å². The van der Waals surface area contributed by atoms with Gasteiger partial charge in [0.25, 0.3) is 0 Å². The zero-order valence-corrected chi connectivity index (χ0v) is 16.5. The summed E-state index contributed by atoms with van der Waals surface area (Å²) in [5.41, 5.74) is 2.17. The molecule has 0 atom stereocenters. The Labute approximate surface area is 165 Å². The van der Waals surface area contributed by atoms with Crippen LogP contribution in [0.25, 0.3) is 0 Å². The van der Waals surface area contributed by atoms with Crippen LogP contribution in [0.2, 0.25) is 0 Å². The maximum Gasteiger partial charge on any atom is 0.318 e. The van der Waals surface area contributed by atoms with E-state index >= 15 is 0 Å². The number of amides is 2. The van der Waals surface area contributed by atoms with Crippen LogP contribution in [0.4, 0.5) is 9.18 Å². The molecule has 2 aromatic rings. The zero-order chi connectivity index (χ0) is 19.8. The fraction of sp³-hybridized carbons (Fsp3) is 0.435. The second kappa shape index (κ2) is 7.12. The second-order valence-electron chi connectivity index (χ2n) is 8.48. The number of ether oxygens (including phenoxy) is 1. The molecular weight excluding hydrogens is 355 g/mol. The van der Waals surface area contributed by atoms with E-state index in [2.05, 4.69) is 12.2 Å². The third-order valence-corrected chi connectivity index (χ3v) is 6.54. The molecule has 1 aliphatic carbocycles. The van der Waals surface area contributed by atoms with E-state index in [9.17, 15) is 9.18 Å². The molecule has 1 saturated carbocycles. The number of hydrogen-bond acceptors (Lipinski definition) is 2. The number of rotatable bonds is 4. The van der Waals surface area contributed by atoms with Gasteiger partial charge in [-0.2, -0.15) is 0 Å². The quantitative estimate of drug-likeness (QED) is 0.838. The Hall–Kier alpha value is -2.56. The summed E-state index contributed by atoms with van der Waals surface area (Å²) in [6.45, 7) is 3.59. The van der Waals surface area contributed by atoms with E-state index in [0.29, 0.717) is 6.54 Å². The maximum atomic E-state index is 13.3. The first-order valence-electron chi connectivity index (χ1n) is 9.88. The largest absolute Gasteiger partial charge is 0.497 e. The van der Waals surface area contributed by atoms with Crippen molar-refractivity contribution in [3.63, 3.8) is 0 Å². The van der Waals surface area contributed by atoms with Gasteiger partial charge in [0, 0.05) is 13.1 Å². The molecule has 1 saturated heterocycles. The Morgan fingerprint density at radius 1 is 1.04 bits per heavy atom. The van der Waals surface area contributed by atoms with Gasteiger partial charge in [-0.1, -0.05) is 31.2 Å². The molecule has 4 nitrogen and oxygen atoms in total. The minimum atomic E-state index is -0.197. The van der Waals surface area contributed by atoms with Gasteiger partial charge in [-0.15, -0.1) is 0 Å². The standard InChI is InChI=1S/C23H27FN2O2/c1-22(18-5-7-19(24)8-6-18)11-13-23(14-12-22)16-26(21(27)25-23)15-17-3-9-20(28-2)10-4-17/h3-10H,11-16H2,1-2H3,(H,25,27). The number of hydrogen-bond donors (Lipinski definition) is 1. The van der Waals surface area contributed by atoms with E-state index in [0.717, 1.165) is 43.5 Å². The van der Waals surface area contributed by atoms with E-state index in [1.54, 1.807) is 19.2 Å². The zero-order valence-electron chi connectivity index (χ0n) is 16.5. The van der Waals surface area contributed by atoms with Crippen LogP contribution in [0.3, 0.4) is 0 Å². The van der Waals surface area contributed by atoms with Crippen molar-refractivity contribution in [2.75, 3.05) is 13.7 Å². The van der Waals surface area contributed by atoms with E-state index in [-0.39, 0.29) is 22.8 Å². The Balaban J connectivity index is 1.41. The average molecular weight is 382 g/mol. The van der Waals surface area contributed by atoms with Gasteiger partial charge in [0.1, 0.15) is 11.6 Å². The normalized spacial score (nSPS) is 27.1. The molecule has 1 heterocycles. The van der Waals surface area contributed by atoms with Crippen molar-refractivity contribution < 1.29 is 13.9 Å². The highest BCUT2D eigenvalue weighted by Crippen LogP contribution is 2.44. The minimum absolute atomic E-state index is 0.0150. The van der Waals surface area contributed by atoms with Gasteiger partial charge in [0.2, 0.25) is 0 Å². The molecule has 2 aliphatic rings. The summed E-state index contributed by atoms with van der Waals surface area (Å²) in [6.07, 6.45) is 3.84. The van der Waals surface area contributed by atoms with Gasteiger partial charge in [0.15, 0.2) is 0 Å². The molecular formula is C23H27FN2O2. The Morgan fingerprint density at radius 2 is 1.68 bits per heavy atom. The number of nitrogens with one attached hydrogen (secondary N) is 1. The number of benzene rings is 2. The van der Waals surface area contributed by atoms with Crippen molar-refractivity contribution >= 4 is 6.03 Å². The van der Waals surface area contributed by atoms with Gasteiger partial charge in [-0.05, 0) is 66.5 Å². The number of carbonyl (C=O) groups excluding carboxylic acids is 1. The second-order valence-corrected chi connectivity index (χ2v) is 8.48. The lowest BCUT2D eigenvalue weighted by Crippen LogP contribution is -2.49. The molecule has 1 aliphatic heterocycles. The number of nitrogens with zero attached hydrogens (tertiary/aromatic N) is 1. The predicted molar refractivity (Wildman–Crippen MR) is 107 cm³/mol. The molecule has 2 aromatic carbocycles. The molecule has 0 unspecified atom stereocenters. The van der Waals surface area contributed by atoms with Crippen molar-refractivity contribution in [3.8, 4) is 5.75 Å². The molecule has 0 bridgehead atoms. The summed E-state index contributed by atoms with van der Waals surface area (Å²) in [5.74, 6) is 0.621. The van der Waals surface area contributed by atoms with Crippen LogP contribution in [0.15, 0.2) is 48.5 Å². The number of halogens is 1. The van der Waals surface area contributed by atoms with Crippen LogP contribution in [0, 0.1) is 5.82 Å². The van der Waals surface area contributed by atoms with Crippen LogP contribution in [-0.2, 0) is 12.0 Å². The topological polar surface area (TPSA) is 41.6 Å². The van der Waals surface area contributed by atoms with Crippen molar-refractivity contribution in [3.05, 3.63) is 65.5 Å². The number of urea groups is 1. The molecule has 4 rings (SSSR count). The first kappa shape index (κ1) is 18.8. The predicted octanol–water partition coefficient (Wildman–Crippen LogP) is 4.63. The summed E-state index contributed by atoms with van der Waals surface area (Å²) in [7, 11) is 1.65. The molecule has 0 aromatic heterocycles. The van der Waals surface area contributed by atoms with Crippen LogP contribution in [-0.4, -0.2) is 30.1 Å². The molecule has 1 spiro atoms. The van der Waals surface area contributed by atoms with E-state index in [1.165, 1.54) is 5.56 Å². The fourth-order valence-corrected chi connectivity index (χ4v) is 4.57. The lowest BCUT2D eigenvalue weighted by molar-refractivity contribution is 0.189. The van der Waals surface area contributed by atoms with Gasteiger partial charge < -0.3 is 15.0 Å². The van der Waals surface area contributed by atoms with E-state index < -0.39 is 0 Å². The van der Waals surface area contributed by atoms with Gasteiger partial charge >= 0.3 is 6.03 Å². The third kappa shape index (κ3) is 3.58. The summed E-state index contributed by atoms with van der Waals surface area (Å²) >= 11 is 0. The van der Waals surface area contributed by atoms with Crippen LogP contribution < -0.4 is 10.1 Å². The maximum absolute atomic E-state index is 13.3. The molecule has 2 amide bonds. The van der Waals surface area contributed by atoms with E-state index in [1.807, 2.05) is 41.3 Å².